The number of nitrogens with zero attached hydrogens (tertiary/aromatic N) is 4. The summed E-state index contributed by atoms with van der Waals surface area (Å²) in [5.74, 6) is -0.950. The van der Waals surface area contributed by atoms with E-state index >= 15 is 0 Å². The highest BCUT2D eigenvalue weighted by Crippen LogP contribution is 2.24. The first-order chi connectivity index (χ1) is 21.2. The second kappa shape index (κ2) is 16.0. The lowest BCUT2D eigenvalue weighted by Crippen LogP contribution is -2.53. The number of halogens is 2. The lowest BCUT2D eigenvalue weighted by Gasteiger charge is -2.37. The number of hydrogen-bond acceptors (Lipinski definition) is 7. The van der Waals surface area contributed by atoms with Crippen molar-refractivity contribution >= 4 is 35.1 Å². The monoisotopic (exact) mass is 630 g/mol. The topological polar surface area (TPSA) is 107 Å². The molecule has 2 aromatic rings. The summed E-state index contributed by atoms with van der Waals surface area (Å²) < 4.78 is 14.0. The highest BCUT2D eigenvalue weighted by molar-refractivity contribution is 6.31. The summed E-state index contributed by atoms with van der Waals surface area (Å²) in [6.07, 6.45) is 2.19. The minimum atomic E-state index is -0.662. The molecular formula is C31H40ClFN6O5. The van der Waals surface area contributed by atoms with E-state index in [4.69, 9.17) is 21.3 Å². The van der Waals surface area contributed by atoms with Crippen LogP contribution in [0, 0.1) is 5.82 Å². The molecule has 2 N–H and O–H groups in total. The second-order valence-electron chi connectivity index (χ2n) is 10.9. The molecule has 13 heteroatoms. The number of amides is 4. The van der Waals surface area contributed by atoms with Crippen LogP contribution in [0.1, 0.15) is 44.7 Å². The number of piperazine rings is 1. The van der Waals surface area contributed by atoms with Gasteiger partial charge in [-0.25, -0.2) is 20.1 Å². The van der Waals surface area contributed by atoms with Crippen molar-refractivity contribution in [2.24, 2.45) is 0 Å². The van der Waals surface area contributed by atoms with Crippen LogP contribution in [-0.4, -0.2) is 89.2 Å². The smallest absolute Gasteiger partial charge is 0.340 e. The first-order valence-electron chi connectivity index (χ1n) is 14.7. The summed E-state index contributed by atoms with van der Waals surface area (Å²) in [6.45, 7) is 8.64. The molecule has 11 nitrogen and oxygen atoms in total. The average Bonchev–Trinajstić information content (AvgIpc) is 3.52. The lowest BCUT2D eigenvalue weighted by atomic mass is 10.1. The molecule has 2 heterocycles. The van der Waals surface area contributed by atoms with Gasteiger partial charge < -0.3 is 4.90 Å². The van der Waals surface area contributed by atoms with Gasteiger partial charge in [-0.3, -0.25) is 29.2 Å². The molecule has 0 aromatic heterocycles. The van der Waals surface area contributed by atoms with Crippen molar-refractivity contribution in [3.05, 3.63) is 76.6 Å². The minimum absolute atomic E-state index is 0.0257. The average molecular weight is 631 g/mol. The number of hydrogen-bond donors (Lipinski definition) is 2. The Bertz CT molecular complexity index is 1320. The van der Waals surface area contributed by atoms with Crippen molar-refractivity contribution in [1.82, 2.24) is 30.8 Å². The molecule has 44 heavy (non-hydrogen) atoms. The van der Waals surface area contributed by atoms with Gasteiger partial charge in [0, 0.05) is 57.7 Å². The molecule has 1 atom stereocenters. The molecule has 4 rings (SSSR count). The van der Waals surface area contributed by atoms with Crippen LogP contribution in [0.4, 0.5) is 9.18 Å². The third-order valence-corrected chi connectivity index (χ3v) is 8.08. The molecule has 0 unspecified atom stereocenters. The van der Waals surface area contributed by atoms with Crippen LogP contribution < -0.4 is 10.9 Å². The molecule has 0 radical (unpaired) electrons. The Morgan fingerprint density at radius 1 is 1.07 bits per heavy atom. The zero-order chi connectivity index (χ0) is 31.6. The minimum Gasteiger partial charge on any atom is -0.340 e. The fraction of sp³-hybridized carbons (Fsp3) is 0.452. The van der Waals surface area contributed by atoms with Gasteiger partial charge in [-0.2, -0.15) is 5.06 Å². The van der Waals surface area contributed by atoms with Crippen molar-refractivity contribution < 1.29 is 28.4 Å². The Morgan fingerprint density at radius 3 is 2.48 bits per heavy atom. The molecule has 1 saturated heterocycles. The Kier molecular flexibility index (Phi) is 12.1. The summed E-state index contributed by atoms with van der Waals surface area (Å²) >= 11 is 6.13. The number of nitrogens with one attached hydrogen (secondary N) is 2. The van der Waals surface area contributed by atoms with E-state index in [0.29, 0.717) is 30.4 Å². The Labute approximate surface area is 262 Å². The van der Waals surface area contributed by atoms with E-state index in [-0.39, 0.29) is 49.4 Å². The first-order valence-corrected chi connectivity index (χ1v) is 15.1. The van der Waals surface area contributed by atoms with E-state index in [1.54, 1.807) is 12.1 Å². The van der Waals surface area contributed by atoms with Gasteiger partial charge in [0.05, 0.1) is 30.0 Å². The summed E-state index contributed by atoms with van der Waals surface area (Å²) in [6, 6.07) is 12.8. The molecule has 238 valence electrons. The van der Waals surface area contributed by atoms with E-state index < -0.39 is 17.9 Å². The van der Waals surface area contributed by atoms with Crippen LogP contribution in [0.5, 0.6) is 0 Å². The Hall–Kier alpha value is -3.55. The van der Waals surface area contributed by atoms with Crippen LogP contribution in [-0.2, 0) is 25.8 Å². The molecule has 1 fully saturated rings. The predicted octanol–water partition coefficient (Wildman–Crippen LogP) is 3.96. The van der Waals surface area contributed by atoms with Gasteiger partial charge in [0.25, 0.3) is 0 Å². The third-order valence-electron chi connectivity index (χ3n) is 7.65. The van der Waals surface area contributed by atoms with Gasteiger partial charge in [-0.15, -0.1) is 0 Å². The van der Waals surface area contributed by atoms with Crippen LogP contribution in [0.3, 0.4) is 0 Å². The number of carbonyl (C=O) groups excluding carboxylic acids is 3. The molecule has 0 bridgehead atoms. The number of hydroxylamine groups is 3. The SMILES string of the molecule is CC(=O)N(NCc1cccc(F)c1Cl)[C@@H](CCC(=O)N1CCN(C(C)C)CC1)CONC(=O)N1OCC=C1c1ccccc1. The maximum Gasteiger partial charge on any atom is 0.370 e. The third kappa shape index (κ3) is 8.76. The van der Waals surface area contributed by atoms with E-state index in [1.807, 2.05) is 35.2 Å². The summed E-state index contributed by atoms with van der Waals surface area (Å²) in [7, 11) is 0. The van der Waals surface area contributed by atoms with E-state index in [1.165, 1.54) is 24.1 Å². The van der Waals surface area contributed by atoms with Crippen molar-refractivity contribution in [2.45, 2.75) is 52.2 Å². The van der Waals surface area contributed by atoms with Gasteiger partial charge in [0.15, 0.2) is 0 Å². The number of carbonyl (C=O) groups is 3. The van der Waals surface area contributed by atoms with E-state index in [9.17, 15) is 18.8 Å². The number of rotatable bonds is 12. The highest BCUT2D eigenvalue weighted by atomic mass is 35.5. The maximum atomic E-state index is 14.0. The zero-order valence-electron chi connectivity index (χ0n) is 25.3. The van der Waals surface area contributed by atoms with Crippen LogP contribution in [0.2, 0.25) is 5.02 Å². The quantitative estimate of drug-likeness (QED) is 0.342. The predicted molar refractivity (Wildman–Crippen MR) is 164 cm³/mol. The fourth-order valence-corrected chi connectivity index (χ4v) is 5.36. The normalized spacial score (nSPS) is 16.2. The number of hydrazine groups is 1. The Balaban J connectivity index is 1.40. The molecular weight excluding hydrogens is 591 g/mol. The molecule has 0 aliphatic carbocycles. The van der Waals surface area contributed by atoms with Crippen molar-refractivity contribution in [3.8, 4) is 0 Å². The van der Waals surface area contributed by atoms with Crippen molar-refractivity contribution in [2.75, 3.05) is 39.4 Å². The molecule has 2 aromatic carbocycles. The van der Waals surface area contributed by atoms with Gasteiger partial charge >= 0.3 is 6.03 Å². The highest BCUT2D eigenvalue weighted by Gasteiger charge is 2.29. The summed E-state index contributed by atoms with van der Waals surface area (Å²) in [4.78, 5) is 54.1. The summed E-state index contributed by atoms with van der Waals surface area (Å²) in [5.41, 5.74) is 7.23. The first kappa shape index (κ1) is 33.3. The fourth-order valence-electron chi connectivity index (χ4n) is 5.17. The van der Waals surface area contributed by atoms with Gasteiger partial charge in [0.1, 0.15) is 5.82 Å². The number of urea groups is 1. The molecule has 0 saturated carbocycles. The maximum absolute atomic E-state index is 14.0. The van der Waals surface area contributed by atoms with Crippen molar-refractivity contribution in [1.29, 1.82) is 0 Å². The van der Waals surface area contributed by atoms with E-state index in [2.05, 4.69) is 29.7 Å². The largest absolute Gasteiger partial charge is 0.370 e. The van der Waals surface area contributed by atoms with Crippen LogP contribution >= 0.6 is 11.6 Å². The Morgan fingerprint density at radius 2 is 1.80 bits per heavy atom. The lowest BCUT2D eigenvalue weighted by molar-refractivity contribution is -0.140. The van der Waals surface area contributed by atoms with Crippen LogP contribution in [0.15, 0.2) is 54.6 Å². The second-order valence-corrected chi connectivity index (χ2v) is 11.3. The van der Waals surface area contributed by atoms with Crippen molar-refractivity contribution in [3.63, 3.8) is 0 Å². The number of benzene rings is 2. The standard InChI is InChI=1S/C31H40ClFN6O5/c1-22(2)36-15-17-37(18-16-36)29(41)13-12-26(38(23(3)40)34-20-25-10-7-11-27(33)30(25)32)21-43-35-31(42)39-28(14-19-44-39)24-8-5-4-6-9-24/h4-11,14,22,26,34H,12-13,15-21H2,1-3H3,(H,35,42)/t26-/m0/s1. The van der Waals surface area contributed by atoms with Gasteiger partial charge in [0.2, 0.25) is 11.8 Å². The summed E-state index contributed by atoms with van der Waals surface area (Å²) in [5, 5.41) is 2.39. The van der Waals surface area contributed by atoms with Crippen LogP contribution in [0.25, 0.3) is 5.70 Å². The molecule has 0 spiro atoms. The zero-order valence-corrected chi connectivity index (χ0v) is 26.1. The molecule has 2 aliphatic rings. The van der Waals surface area contributed by atoms with E-state index in [0.717, 1.165) is 23.7 Å². The molecule has 2 aliphatic heterocycles. The van der Waals surface area contributed by atoms with Gasteiger partial charge in [-0.1, -0.05) is 54.1 Å². The van der Waals surface area contributed by atoms with Gasteiger partial charge in [-0.05, 0) is 38.0 Å². The molecule has 4 amide bonds.